The standard InChI is InChI=1S/C15H13ClN2O2/c1-9-14(12-7-10(16)4-5-13(12)18-9)15(19)17-8-11-3-2-6-20-11/h2-7,18H,8H2,1H3,(H,17,19). The van der Waals surface area contributed by atoms with Gasteiger partial charge in [0.2, 0.25) is 0 Å². The molecule has 3 rings (SSSR count). The molecule has 20 heavy (non-hydrogen) atoms. The van der Waals surface area contributed by atoms with Crippen LogP contribution < -0.4 is 5.32 Å². The smallest absolute Gasteiger partial charge is 0.254 e. The molecule has 0 spiro atoms. The average molecular weight is 289 g/mol. The SMILES string of the molecule is Cc1[nH]c2ccc(Cl)cc2c1C(=O)NCc1ccco1. The first-order chi connectivity index (χ1) is 9.65. The van der Waals surface area contributed by atoms with Gasteiger partial charge in [-0.05, 0) is 37.3 Å². The van der Waals surface area contributed by atoms with E-state index in [0.717, 1.165) is 16.6 Å². The van der Waals surface area contributed by atoms with E-state index >= 15 is 0 Å². The van der Waals surface area contributed by atoms with Crippen molar-refractivity contribution in [2.45, 2.75) is 13.5 Å². The van der Waals surface area contributed by atoms with Gasteiger partial charge in [0.05, 0.1) is 18.4 Å². The third kappa shape index (κ3) is 2.30. The molecule has 2 heterocycles. The molecule has 0 atom stereocenters. The molecule has 0 saturated heterocycles. The molecule has 3 aromatic rings. The van der Waals surface area contributed by atoms with Gasteiger partial charge in [0.25, 0.3) is 5.91 Å². The third-order valence-corrected chi connectivity index (χ3v) is 3.41. The first-order valence-corrected chi connectivity index (χ1v) is 6.61. The number of aromatic nitrogens is 1. The number of aromatic amines is 1. The Hall–Kier alpha value is -2.20. The zero-order valence-electron chi connectivity index (χ0n) is 10.9. The van der Waals surface area contributed by atoms with Crippen molar-refractivity contribution in [1.82, 2.24) is 10.3 Å². The number of amides is 1. The van der Waals surface area contributed by atoms with Crippen molar-refractivity contribution in [2.75, 3.05) is 0 Å². The number of carbonyl (C=O) groups excluding carboxylic acids is 1. The Morgan fingerprint density at radius 2 is 2.25 bits per heavy atom. The molecule has 1 aromatic carbocycles. The second-order valence-corrected chi connectivity index (χ2v) is 5.01. The van der Waals surface area contributed by atoms with Gasteiger partial charge < -0.3 is 14.7 Å². The number of furan rings is 1. The fraction of sp³-hybridized carbons (Fsp3) is 0.133. The van der Waals surface area contributed by atoms with Crippen LogP contribution in [-0.2, 0) is 6.54 Å². The zero-order valence-corrected chi connectivity index (χ0v) is 11.6. The molecule has 102 valence electrons. The van der Waals surface area contributed by atoms with Crippen molar-refractivity contribution >= 4 is 28.4 Å². The Balaban J connectivity index is 1.90. The summed E-state index contributed by atoms with van der Waals surface area (Å²) in [5.41, 5.74) is 2.34. The summed E-state index contributed by atoms with van der Waals surface area (Å²) in [5, 5.41) is 4.28. The van der Waals surface area contributed by atoms with Gasteiger partial charge in [-0.15, -0.1) is 0 Å². The van der Waals surface area contributed by atoms with E-state index in [1.54, 1.807) is 24.5 Å². The summed E-state index contributed by atoms with van der Waals surface area (Å²) in [4.78, 5) is 15.5. The minimum Gasteiger partial charge on any atom is -0.467 e. The molecule has 0 fully saturated rings. The van der Waals surface area contributed by atoms with Gasteiger partial charge >= 0.3 is 0 Å². The van der Waals surface area contributed by atoms with Crippen molar-refractivity contribution in [1.29, 1.82) is 0 Å². The lowest BCUT2D eigenvalue weighted by Gasteiger charge is -2.03. The van der Waals surface area contributed by atoms with Gasteiger partial charge in [0.1, 0.15) is 5.76 Å². The van der Waals surface area contributed by atoms with Crippen LogP contribution in [0, 0.1) is 6.92 Å². The molecule has 0 aliphatic rings. The molecule has 1 amide bonds. The summed E-state index contributed by atoms with van der Waals surface area (Å²) in [6.07, 6.45) is 1.58. The number of carbonyl (C=O) groups is 1. The van der Waals surface area contributed by atoms with Crippen LogP contribution in [0.2, 0.25) is 5.02 Å². The van der Waals surface area contributed by atoms with Gasteiger partial charge in [-0.25, -0.2) is 0 Å². The second-order valence-electron chi connectivity index (χ2n) is 4.58. The van der Waals surface area contributed by atoms with Crippen LogP contribution in [0.25, 0.3) is 10.9 Å². The highest BCUT2D eigenvalue weighted by molar-refractivity contribution is 6.31. The first kappa shape index (κ1) is 12.8. The summed E-state index contributed by atoms with van der Waals surface area (Å²) in [6.45, 7) is 2.23. The van der Waals surface area contributed by atoms with Gasteiger partial charge in [-0.1, -0.05) is 11.6 Å². The summed E-state index contributed by atoms with van der Waals surface area (Å²) >= 11 is 6.00. The van der Waals surface area contributed by atoms with Crippen molar-refractivity contribution in [2.24, 2.45) is 0 Å². The summed E-state index contributed by atoms with van der Waals surface area (Å²) in [7, 11) is 0. The van der Waals surface area contributed by atoms with Crippen molar-refractivity contribution in [3.8, 4) is 0 Å². The topological polar surface area (TPSA) is 58.0 Å². The Labute approximate surface area is 120 Å². The fourth-order valence-electron chi connectivity index (χ4n) is 2.26. The maximum atomic E-state index is 12.3. The lowest BCUT2D eigenvalue weighted by molar-refractivity contribution is 0.0949. The van der Waals surface area contributed by atoms with E-state index in [2.05, 4.69) is 10.3 Å². The van der Waals surface area contributed by atoms with E-state index in [-0.39, 0.29) is 5.91 Å². The molecule has 5 heteroatoms. The molecular weight excluding hydrogens is 276 g/mol. The molecule has 0 saturated carbocycles. The van der Waals surface area contributed by atoms with Crippen LogP contribution >= 0.6 is 11.6 Å². The van der Waals surface area contributed by atoms with Crippen LogP contribution in [-0.4, -0.2) is 10.9 Å². The predicted molar refractivity (Wildman–Crippen MR) is 77.9 cm³/mol. The quantitative estimate of drug-likeness (QED) is 0.773. The average Bonchev–Trinajstić information content (AvgIpc) is 3.02. The molecule has 0 bridgehead atoms. The Kier molecular flexibility index (Phi) is 3.24. The van der Waals surface area contributed by atoms with Crippen molar-refractivity contribution < 1.29 is 9.21 Å². The summed E-state index contributed by atoms with van der Waals surface area (Å²) in [6, 6.07) is 9.07. The maximum Gasteiger partial charge on any atom is 0.254 e. The number of nitrogens with one attached hydrogen (secondary N) is 2. The van der Waals surface area contributed by atoms with Crippen molar-refractivity contribution in [3.05, 3.63) is 58.6 Å². The van der Waals surface area contributed by atoms with E-state index < -0.39 is 0 Å². The molecule has 4 nitrogen and oxygen atoms in total. The van der Waals surface area contributed by atoms with Crippen LogP contribution in [0.5, 0.6) is 0 Å². The van der Waals surface area contributed by atoms with Crippen LogP contribution in [0.15, 0.2) is 41.0 Å². The highest BCUT2D eigenvalue weighted by atomic mass is 35.5. The number of hydrogen-bond acceptors (Lipinski definition) is 2. The Morgan fingerprint density at radius 1 is 1.40 bits per heavy atom. The lowest BCUT2D eigenvalue weighted by Crippen LogP contribution is -2.23. The largest absolute Gasteiger partial charge is 0.467 e. The Bertz CT molecular complexity index is 760. The number of H-pyrrole nitrogens is 1. The van der Waals surface area contributed by atoms with Gasteiger partial charge in [-0.3, -0.25) is 4.79 Å². The number of rotatable bonds is 3. The minimum atomic E-state index is -0.146. The molecule has 2 aromatic heterocycles. The predicted octanol–water partition coefficient (Wildman–Crippen LogP) is 3.65. The fourth-order valence-corrected chi connectivity index (χ4v) is 2.43. The summed E-state index contributed by atoms with van der Waals surface area (Å²) < 4.78 is 5.19. The third-order valence-electron chi connectivity index (χ3n) is 3.18. The maximum absolute atomic E-state index is 12.3. The number of halogens is 1. The number of hydrogen-bond donors (Lipinski definition) is 2. The van der Waals surface area contributed by atoms with Crippen LogP contribution in [0.3, 0.4) is 0 Å². The molecule has 0 radical (unpaired) electrons. The first-order valence-electron chi connectivity index (χ1n) is 6.23. The highest BCUT2D eigenvalue weighted by Crippen LogP contribution is 2.25. The Morgan fingerprint density at radius 3 is 3.00 bits per heavy atom. The molecule has 2 N–H and O–H groups in total. The molecule has 0 unspecified atom stereocenters. The van der Waals surface area contributed by atoms with Crippen molar-refractivity contribution in [3.63, 3.8) is 0 Å². The van der Waals surface area contributed by atoms with Gasteiger partial charge in [-0.2, -0.15) is 0 Å². The van der Waals surface area contributed by atoms with E-state index in [1.807, 2.05) is 19.1 Å². The number of benzene rings is 1. The number of fused-ring (bicyclic) bond motifs is 1. The van der Waals surface area contributed by atoms with E-state index in [9.17, 15) is 4.79 Å². The number of aryl methyl sites for hydroxylation is 1. The normalized spacial score (nSPS) is 10.9. The minimum absolute atomic E-state index is 0.146. The van der Waals surface area contributed by atoms with Crippen LogP contribution in [0.1, 0.15) is 21.8 Å². The summed E-state index contributed by atoms with van der Waals surface area (Å²) in [5.74, 6) is 0.571. The van der Waals surface area contributed by atoms with Gasteiger partial charge in [0, 0.05) is 21.6 Å². The van der Waals surface area contributed by atoms with E-state index in [0.29, 0.717) is 22.9 Å². The van der Waals surface area contributed by atoms with E-state index in [4.69, 9.17) is 16.0 Å². The monoisotopic (exact) mass is 288 g/mol. The highest BCUT2D eigenvalue weighted by Gasteiger charge is 2.16. The van der Waals surface area contributed by atoms with Crippen LogP contribution in [0.4, 0.5) is 0 Å². The molecular formula is C15H13ClN2O2. The van der Waals surface area contributed by atoms with E-state index in [1.165, 1.54) is 0 Å². The molecule has 0 aliphatic heterocycles. The lowest BCUT2D eigenvalue weighted by atomic mass is 10.1. The molecule has 0 aliphatic carbocycles. The van der Waals surface area contributed by atoms with Gasteiger partial charge in [0.15, 0.2) is 0 Å². The second kappa shape index (κ2) is 5.06. The zero-order chi connectivity index (χ0) is 14.1.